The summed E-state index contributed by atoms with van der Waals surface area (Å²) in [4.78, 5) is 4.77. The van der Waals surface area contributed by atoms with Crippen molar-refractivity contribution < 1.29 is 28.4 Å². The fraction of sp³-hybridized carbons (Fsp3) is 0.280. The van der Waals surface area contributed by atoms with Crippen LogP contribution in [0.2, 0.25) is 0 Å². The van der Waals surface area contributed by atoms with Gasteiger partial charge in [0.05, 0.1) is 54.5 Å². The number of nitrogens with zero attached hydrogens (tertiary/aromatic N) is 3. The fourth-order valence-corrected chi connectivity index (χ4v) is 4.11. The number of hydrogen-bond donors (Lipinski definition) is 0. The van der Waals surface area contributed by atoms with Crippen molar-refractivity contribution >= 4 is 5.65 Å². The highest BCUT2D eigenvalue weighted by Gasteiger charge is 2.23. The molecule has 9 heteroatoms. The van der Waals surface area contributed by atoms with Gasteiger partial charge in [-0.25, -0.2) is 9.50 Å². The van der Waals surface area contributed by atoms with E-state index in [0.717, 1.165) is 28.1 Å². The van der Waals surface area contributed by atoms with Crippen LogP contribution < -0.4 is 28.4 Å². The maximum absolute atomic E-state index is 5.61. The van der Waals surface area contributed by atoms with Gasteiger partial charge in [0, 0.05) is 22.9 Å². The number of hydrogen-bond acceptors (Lipinski definition) is 8. The number of aromatic nitrogens is 3. The fourth-order valence-electron chi connectivity index (χ4n) is 4.11. The molecule has 4 aromatic rings. The van der Waals surface area contributed by atoms with Crippen molar-refractivity contribution in [3.8, 4) is 56.9 Å². The summed E-state index contributed by atoms with van der Waals surface area (Å²) in [5.41, 5.74) is 4.76. The summed E-state index contributed by atoms with van der Waals surface area (Å²) in [6.45, 7) is 1.95. The minimum atomic E-state index is 0.505. The molecule has 0 aliphatic heterocycles. The topological polar surface area (TPSA) is 85.6 Å². The van der Waals surface area contributed by atoms with Gasteiger partial charge < -0.3 is 28.4 Å². The molecule has 0 saturated heterocycles. The zero-order valence-electron chi connectivity index (χ0n) is 20.3. The van der Waals surface area contributed by atoms with E-state index in [9.17, 15) is 0 Å². The van der Waals surface area contributed by atoms with Crippen LogP contribution in [0.5, 0.6) is 34.5 Å². The van der Waals surface area contributed by atoms with Gasteiger partial charge >= 0.3 is 0 Å². The smallest absolute Gasteiger partial charge is 0.203 e. The molecule has 0 spiro atoms. The molecule has 4 rings (SSSR count). The van der Waals surface area contributed by atoms with Gasteiger partial charge in [-0.15, -0.1) is 0 Å². The third-order valence-corrected chi connectivity index (χ3v) is 5.61. The molecular weight excluding hydrogens is 438 g/mol. The molecule has 0 bridgehead atoms. The molecule has 34 heavy (non-hydrogen) atoms. The van der Waals surface area contributed by atoms with Crippen LogP contribution in [0.15, 0.2) is 36.5 Å². The minimum absolute atomic E-state index is 0.505. The number of aryl methyl sites for hydroxylation is 1. The summed E-state index contributed by atoms with van der Waals surface area (Å²) in [7, 11) is 9.49. The van der Waals surface area contributed by atoms with Crippen molar-refractivity contribution in [2.45, 2.75) is 6.92 Å². The van der Waals surface area contributed by atoms with Crippen molar-refractivity contribution in [1.29, 1.82) is 0 Å². The summed E-state index contributed by atoms with van der Waals surface area (Å²) in [5, 5.41) is 4.55. The predicted molar refractivity (Wildman–Crippen MR) is 128 cm³/mol. The second-order valence-corrected chi connectivity index (χ2v) is 7.35. The highest BCUT2D eigenvalue weighted by atomic mass is 16.5. The van der Waals surface area contributed by atoms with Crippen molar-refractivity contribution in [2.75, 3.05) is 42.7 Å². The molecule has 0 amide bonds. The molecule has 0 N–H and O–H groups in total. The maximum atomic E-state index is 5.61. The first-order valence-electron chi connectivity index (χ1n) is 10.5. The number of rotatable bonds is 8. The molecular formula is C25H27N3O6. The van der Waals surface area contributed by atoms with Gasteiger partial charge in [-0.3, -0.25) is 0 Å². The molecule has 0 unspecified atom stereocenters. The Hall–Kier alpha value is -4.14. The SMILES string of the molecule is COc1cc(-c2c(C)nc3ccnn3c2-c2cc(OC)c(OC)c(OC)c2)cc(OC)c1OC. The van der Waals surface area contributed by atoms with Crippen LogP contribution in [0.3, 0.4) is 0 Å². The highest BCUT2D eigenvalue weighted by molar-refractivity contribution is 5.87. The Bertz CT molecular complexity index is 1300. The molecule has 0 fully saturated rings. The van der Waals surface area contributed by atoms with E-state index in [1.807, 2.05) is 37.3 Å². The van der Waals surface area contributed by atoms with Gasteiger partial charge in [0.25, 0.3) is 0 Å². The molecule has 0 radical (unpaired) electrons. The summed E-state index contributed by atoms with van der Waals surface area (Å²) >= 11 is 0. The lowest BCUT2D eigenvalue weighted by Gasteiger charge is -2.20. The predicted octanol–water partition coefficient (Wildman–Crippen LogP) is 4.42. The quantitative estimate of drug-likeness (QED) is 0.378. The van der Waals surface area contributed by atoms with E-state index in [1.54, 1.807) is 53.4 Å². The van der Waals surface area contributed by atoms with Crippen LogP contribution >= 0.6 is 0 Å². The van der Waals surface area contributed by atoms with Crippen molar-refractivity contribution in [2.24, 2.45) is 0 Å². The maximum Gasteiger partial charge on any atom is 0.203 e. The standard InChI is InChI=1S/C25H27N3O6/c1-14-22(15-10-17(29-2)24(33-6)18(11-15)30-3)23(28-21(27-14)8-9-26-28)16-12-19(31-4)25(34-7)20(13-16)32-5/h8-13H,1-7H3. The summed E-state index contributed by atoms with van der Waals surface area (Å²) < 4.78 is 35.2. The molecule has 0 aliphatic rings. The molecule has 0 saturated carbocycles. The Kier molecular flexibility index (Phi) is 6.36. The van der Waals surface area contributed by atoms with Crippen molar-refractivity contribution in [1.82, 2.24) is 14.6 Å². The van der Waals surface area contributed by atoms with Crippen molar-refractivity contribution in [3.05, 3.63) is 42.2 Å². The minimum Gasteiger partial charge on any atom is -0.493 e. The molecule has 0 aliphatic carbocycles. The summed E-state index contributed by atoms with van der Waals surface area (Å²) in [5.74, 6) is 3.14. The lowest BCUT2D eigenvalue weighted by Crippen LogP contribution is -2.04. The monoisotopic (exact) mass is 465 g/mol. The number of ether oxygens (including phenoxy) is 6. The van der Waals surface area contributed by atoms with Gasteiger partial charge in [-0.05, 0) is 36.8 Å². The second-order valence-electron chi connectivity index (χ2n) is 7.35. The number of benzene rings is 2. The first-order valence-corrected chi connectivity index (χ1v) is 10.5. The Morgan fingerprint density at radius 1 is 0.647 bits per heavy atom. The largest absolute Gasteiger partial charge is 0.493 e. The average molecular weight is 466 g/mol. The molecule has 2 heterocycles. The van der Waals surface area contributed by atoms with Crippen LogP contribution in [-0.4, -0.2) is 57.3 Å². The van der Waals surface area contributed by atoms with Crippen LogP contribution in [-0.2, 0) is 0 Å². The van der Waals surface area contributed by atoms with E-state index >= 15 is 0 Å². The van der Waals surface area contributed by atoms with E-state index in [4.69, 9.17) is 33.4 Å². The lowest BCUT2D eigenvalue weighted by atomic mass is 9.96. The van der Waals surface area contributed by atoms with Gasteiger partial charge in [-0.2, -0.15) is 5.10 Å². The van der Waals surface area contributed by atoms with E-state index in [0.29, 0.717) is 40.1 Å². The van der Waals surface area contributed by atoms with Crippen LogP contribution in [0.1, 0.15) is 5.69 Å². The Morgan fingerprint density at radius 2 is 1.12 bits per heavy atom. The first-order chi connectivity index (χ1) is 16.5. The normalized spacial score (nSPS) is 10.8. The van der Waals surface area contributed by atoms with Crippen LogP contribution in [0.4, 0.5) is 0 Å². The molecule has 2 aromatic heterocycles. The highest BCUT2D eigenvalue weighted by Crippen LogP contribution is 2.46. The van der Waals surface area contributed by atoms with Gasteiger partial charge in [-0.1, -0.05) is 0 Å². The Morgan fingerprint density at radius 3 is 1.56 bits per heavy atom. The van der Waals surface area contributed by atoms with E-state index in [1.165, 1.54) is 0 Å². The Balaban J connectivity index is 2.11. The summed E-state index contributed by atoms with van der Waals surface area (Å²) in [6.07, 6.45) is 1.71. The first kappa shape index (κ1) is 23.0. The van der Waals surface area contributed by atoms with E-state index in [2.05, 4.69) is 5.10 Å². The summed E-state index contributed by atoms with van der Waals surface area (Å²) in [6, 6.07) is 9.41. The molecule has 0 atom stereocenters. The van der Waals surface area contributed by atoms with Crippen molar-refractivity contribution in [3.63, 3.8) is 0 Å². The van der Waals surface area contributed by atoms with E-state index in [-0.39, 0.29) is 0 Å². The number of methoxy groups -OCH3 is 6. The molecule has 178 valence electrons. The third-order valence-electron chi connectivity index (χ3n) is 5.61. The third kappa shape index (κ3) is 3.68. The zero-order chi connectivity index (χ0) is 24.4. The van der Waals surface area contributed by atoms with Gasteiger partial charge in [0.1, 0.15) is 0 Å². The second kappa shape index (κ2) is 9.38. The molecule has 9 nitrogen and oxygen atoms in total. The zero-order valence-corrected chi connectivity index (χ0v) is 20.3. The van der Waals surface area contributed by atoms with E-state index < -0.39 is 0 Å². The van der Waals surface area contributed by atoms with Crippen LogP contribution in [0.25, 0.3) is 28.0 Å². The van der Waals surface area contributed by atoms with Crippen LogP contribution in [0, 0.1) is 6.92 Å². The Labute approximate surface area is 197 Å². The number of fused-ring (bicyclic) bond motifs is 1. The molecule has 2 aromatic carbocycles. The lowest BCUT2D eigenvalue weighted by molar-refractivity contribution is 0.324. The van der Waals surface area contributed by atoms with Gasteiger partial charge in [0.15, 0.2) is 28.6 Å². The average Bonchev–Trinajstić information content (AvgIpc) is 3.33. The van der Waals surface area contributed by atoms with Gasteiger partial charge in [0.2, 0.25) is 11.5 Å².